The largest absolute Gasteiger partial charge is 0.506 e. The molecule has 0 radical (unpaired) electrons. The average Bonchev–Trinajstić information content (AvgIpc) is 2.28. The molecule has 1 rings (SSSR count). The molecule has 0 fully saturated rings. The monoisotopic (exact) mass is 282 g/mol. The third-order valence-electron chi connectivity index (χ3n) is 2.25. The molecule has 7 nitrogen and oxygen atoms in total. The maximum Gasteiger partial charge on any atom is 0.408 e. The number of carboxylic acids is 1. The summed E-state index contributed by atoms with van der Waals surface area (Å²) in [6.45, 7) is 5.02. The van der Waals surface area contributed by atoms with Crippen molar-refractivity contribution in [3.63, 3.8) is 0 Å². The number of carbonyl (C=O) groups excluding carboxylic acids is 1. The first-order valence-corrected chi connectivity index (χ1v) is 6.04. The molecule has 0 aliphatic carbocycles. The van der Waals surface area contributed by atoms with Gasteiger partial charge < -0.3 is 20.3 Å². The minimum absolute atomic E-state index is 0.121. The van der Waals surface area contributed by atoms with Crippen molar-refractivity contribution in [2.45, 2.75) is 38.8 Å². The van der Waals surface area contributed by atoms with Crippen LogP contribution in [0, 0.1) is 0 Å². The van der Waals surface area contributed by atoms with Crippen LogP contribution < -0.4 is 5.32 Å². The zero-order valence-electron chi connectivity index (χ0n) is 11.6. The topological polar surface area (TPSA) is 109 Å². The van der Waals surface area contributed by atoms with Crippen molar-refractivity contribution in [1.29, 1.82) is 0 Å². The van der Waals surface area contributed by atoms with Gasteiger partial charge in [-0.2, -0.15) is 0 Å². The molecule has 0 aromatic carbocycles. The second-order valence-electron chi connectivity index (χ2n) is 5.21. The first-order chi connectivity index (χ1) is 9.19. The maximum absolute atomic E-state index is 11.6. The van der Waals surface area contributed by atoms with Gasteiger partial charge in [-0.15, -0.1) is 0 Å². The Hall–Kier alpha value is -2.31. The van der Waals surface area contributed by atoms with Gasteiger partial charge in [0.25, 0.3) is 0 Å². The summed E-state index contributed by atoms with van der Waals surface area (Å²) in [6, 6.07) is 1.69. The zero-order chi connectivity index (χ0) is 15.3. The Labute approximate surface area is 116 Å². The number of pyridine rings is 1. The van der Waals surface area contributed by atoms with Crippen molar-refractivity contribution in [1.82, 2.24) is 10.3 Å². The number of rotatable bonds is 4. The van der Waals surface area contributed by atoms with Crippen molar-refractivity contribution in [2.24, 2.45) is 0 Å². The SMILES string of the molecule is CC(C)(C)OC(=O)NC(Cc1ncccc1O)C(=O)O. The lowest BCUT2D eigenvalue weighted by molar-refractivity contribution is -0.139. The van der Waals surface area contributed by atoms with Crippen LogP contribution in [0.1, 0.15) is 26.5 Å². The van der Waals surface area contributed by atoms with Crippen LogP contribution in [0.3, 0.4) is 0 Å². The Morgan fingerprint density at radius 2 is 2.10 bits per heavy atom. The van der Waals surface area contributed by atoms with Gasteiger partial charge in [0.1, 0.15) is 17.4 Å². The number of nitrogens with one attached hydrogen (secondary N) is 1. The number of hydrogen-bond donors (Lipinski definition) is 3. The minimum atomic E-state index is -1.24. The summed E-state index contributed by atoms with van der Waals surface area (Å²) in [4.78, 5) is 26.6. The first kappa shape index (κ1) is 15.7. The molecule has 1 heterocycles. The smallest absolute Gasteiger partial charge is 0.408 e. The Balaban J connectivity index is 2.74. The molecular weight excluding hydrogens is 264 g/mol. The summed E-state index contributed by atoms with van der Waals surface area (Å²) in [5.41, 5.74) is -0.531. The molecule has 0 spiro atoms. The highest BCUT2D eigenvalue weighted by atomic mass is 16.6. The van der Waals surface area contributed by atoms with Gasteiger partial charge in [0.05, 0.1) is 5.69 Å². The summed E-state index contributed by atoms with van der Waals surface area (Å²) in [5, 5.41) is 20.9. The fourth-order valence-corrected chi connectivity index (χ4v) is 1.43. The molecule has 110 valence electrons. The van der Waals surface area contributed by atoms with Crippen LogP contribution >= 0.6 is 0 Å². The van der Waals surface area contributed by atoms with Gasteiger partial charge in [0.2, 0.25) is 0 Å². The third-order valence-corrected chi connectivity index (χ3v) is 2.25. The molecule has 1 amide bonds. The van der Waals surface area contributed by atoms with E-state index in [1.54, 1.807) is 20.8 Å². The highest BCUT2D eigenvalue weighted by molar-refractivity contribution is 5.80. The molecule has 1 unspecified atom stereocenters. The molecule has 3 N–H and O–H groups in total. The van der Waals surface area contributed by atoms with Gasteiger partial charge in [0, 0.05) is 12.6 Å². The fraction of sp³-hybridized carbons (Fsp3) is 0.462. The number of carbonyl (C=O) groups is 2. The molecule has 1 aromatic heterocycles. The summed E-state index contributed by atoms with van der Waals surface area (Å²) in [6.07, 6.45) is 0.461. The summed E-state index contributed by atoms with van der Waals surface area (Å²) >= 11 is 0. The number of ether oxygens (including phenoxy) is 1. The predicted octanol–water partition coefficient (Wildman–Crippen LogP) is 1.31. The van der Waals surface area contributed by atoms with Crippen LogP contribution in [0.2, 0.25) is 0 Å². The standard InChI is InChI=1S/C13H18N2O5/c1-13(2,3)20-12(19)15-9(11(17)18)7-8-10(16)5-4-6-14-8/h4-6,9,16H,7H2,1-3H3,(H,15,19)(H,17,18). The van der Waals surface area contributed by atoms with E-state index in [0.717, 1.165) is 0 Å². The van der Waals surface area contributed by atoms with E-state index in [1.165, 1.54) is 18.3 Å². The highest BCUT2D eigenvalue weighted by Gasteiger charge is 2.25. The molecule has 0 aliphatic rings. The lowest BCUT2D eigenvalue weighted by atomic mass is 10.1. The molecule has 0 saturated heterocycles. The Morgan fingerprint density at radius 3 is 2.60 bits per heavy atom. The third kappa shape index (κ3) is 5.13. The minimum Gasteiger partial charge on any atom is -0.506 e. The lowest BCUT2D eigenvalue weighted by Gasteiger charge is -2.22. The first-order valence-electron chi connectivity index (χ1n) is 6.04. The second-order valence-corrected chi connectivity index (χ2v) is 5.21. The maximum atomic E-state index is 11.6. The van der Waals surface area contributed by atoms with Gasteiger partial charge in [-0.1, -0.05) is 0 Å². The van der Waals surface area contributed by atoms with E-state index in [9.17, 15) is 14.7 Å². The van der Waals surface area contributed by atoms with Crippen LogP contribution in [-0.2, 0) is 16.0 Å². The molecule has 20 heavy (non-hydrogen) atoms. The molecule has 0 bridgehead atoms. The number of aromatic hydroxyl groups is 1. The van der Waals surface area contributed by atoms with Crippen LogP contribution in [0.5, 0.6) is 5.75 Å². The van der Waals surface area contributed by atoms with E-state index in [2.05, 4.69) is 10.3 Å². The van der Waals surface area contributed by atoms with Gasteiger partial charge in [-0.25, -0.2) is 9.59 Å². The van der Waals surface area contributed by atoms with Crippen LogP contribution in [0.25, 0.3) is 0 Å². The van der Waals surface area contributed by atoms with Gasteiger partial charge in [0.15, 0.2) is 0 Å². The van der Waals surface area contributed by atoms with Gasteiger partial charge in [-0.3, -0.25) is 4.98 Å². The molecule has 0 saturated carbocycles. The van der Waals surface area contributed by atoms with E-state index in [-0.39, 0.29) is 17.9 Å². The number of carboxylic acid groups (broad SMARTS) is 1. The summed E-state index contributed by atoms with van der Waals surface area (Å²) in [7, 11) is 0. The lowest BCUT2D eigenvalue weighted by Crippen LogP contribution is -2.44. The number of aliphatic carboxylic acids is 1. The second kappa shape index (κ2) is 6.23. The van der Waals surface area contributed by atoms with E-state index in [0.29, 0.717) is 0 Å². The summed E-state index contributed by atoms with van der Waals surface area (Å²) < 4.78 is 4.99. The van der Waals surface area contributed by atoms with E-state index in [1.807, 2.05) is 0 Å². The van der Waals surface area contributed by atoms with Crippen LogP contribution in [0.4, 0.5) is 4.79 Å². The number of alkyl carbamates (subject to hydrolysis) is 1. The Bertz CT molecular complexity index is 496. The van der Waals surface area contributed by atoms with Crippen molar-refractivity contribution in [3.05, 3.63) is 24.0 Å². The van der Waals surface area contributed by atoms with Crippen LogP contribution in [0.15, 0.2) is 18.3 Å². The molecule has 1 atom stereocenters. The van der Waals surface area contributed by atoms with Crippen molar-refractivity contribution in [2.75, 3.05) is 0 Å². The molecule has 0 aliphatic heterocycles. The average molecular weight is 282 g/mol. The number of nitrogens with zero attached hydrogens (tertiary/aromatic N) is 1. The quantitative estimate of drug-likeness (QED) is 0.768. The van der Waals surface area contributed by atoms with Gasteiger partial charge >= 0.3 is 12.1 Å². The summed E-state index contributed by atoms with van der Waals surface area (Å²) in [5.74, 6) is -1.36. The molecule has 1 aromatic rings. The van der Waals surface area contributed by atoms with E-state index < -0.39 is 23.7 Å². The van der Waals surface area contributed by atoms with Gasteiger partial charge in [-0.05, 0) is 32.9 Å². The van der Waals surface area contributed by atoms with Crippen molar-refractivity contribution >= 4 is 12.1 Å². The van der Waals surface area contributed by atoms with E-state index in [4.69, 9.17) is 9.84 Å². The van der Waals surface area contributed by atoms with Crippen molar-refractivity contribution < 1.29 is 24.5 Å². The molecular formula is C13H18N2O5. The van der Waals surface area contributed by atoms with E-state index >= 15 is 0 Å². The molecule has 7 heteroatoms. The number of aromatic nitrogens is 1. The number of amides is 1. The highest BCUT2D eigenvalue weighted by Crippen LogP contribution is 2.15. The Morgan fingerprint density at radius 1 is 1.45 bits per heavy atom. The number of hydrogen-bond acceptors (Lipinski definition) is 5. The van der Waals surface area contributed by atoms with Crippen molar-refractivity contribution in [3.8, 4) is 5.75 Å². The predicted molar refractivity (Wildman–Crippen MR) is 70.4 cm³/mol. The van der Waals surface area contributed by atoms with Crippen LogP contribution in [-0.4, -0.2) is 38.9 Å². The Kier molecular flexibility index (Phi) is 4.90. The zero-order valence-corrected chi connectivity index (χ0v) is 11.6. The fourth-order valence-electron chi connectivity index (χ4n) is 1.43. The normalized spacial score (nSPS) is 12.6.